The van der Waals surface area contributed by atoms with Gasteiger partial charge in [0.1, 0.15) is 17.2 Å². The molecule has 2 rings (SSSR count). The second-order valence-corrected chi connectivity index (χ2v) is 5.18. The Morgan fingerprint density at radius 3 is 2.82 bits per heavy atom. The van der Waals surface area contributed by atoms with Crippen LogP contribution in [-0.2, 0) is 0 Å². The maximum Gasteiger partial charge on any atom is 0.148 e. The van der Waals surface area contributed by atoms with E-state index in [4.69, 9.17) is 11.6 Å². The second-order valence-electron chi connectivity index (χ2n) is 4.78. The lowest BCUT2D eigenvalue weighted by Crippen LogP contribution is -2.30. The highest BCUT2D eigenvalue weighted by Gasteiger charge is 2.22. The van der Waals surface area contributed by atoms with E-state index in [0.717, 1.165) is 18.2 Å². The lowest BCUT2D eigenvalue weighted by atomic mass is 9.83. The maximum atomic E-state index is 6.08. The molecule has 0 bridgehead atoms. The molecule has 0 amide bonds. The Labute approximate surface area is 108 Å². The minimum Gasteiger partial charge on any atom is -0.366 e. The molecule has 0 saturated heterocycles. The standard InChI is InChI=1S/C13H20ClN3/c1-2-12(10-6-4-3-5-7-10)17-13-11(14)8-15-9-16-13/h8-10,12H,2-7H2,1H3,(H,15,16,17). The van der Waals surface area contributed by atoms with Crippen LogP contribution in [0.5, 0.6) is 0 Å². The molecule has 0 aliphatic heterocycles. The molecule has 0 spiro atoms. The van der Waals surface area contributed by atoms with E-state index in [2.05, 4.69) is 22.2 Å². The number of nitrogens with one attached hydrogen (secondary N) is 1. The first-order chi connectivity index (χ1) is 8.31. The van der Waals surface area contributed by atoms with Gasteiger partial charge in [-0.3, -0.25) is 0 Å². The molecule has 1 aromatic heterocycles. The predicted octanol–water partition coefficient (Wildman–Crippen LogP) is 3.90. The fraction of sp³-hybridized carbons (Fsp3) is 0.692. The SMILES string of the molecule is CCC(Nc1ncncc1Cl)C1CCCCC1. The van der Waals surface area contributed by atoms with Crippen LogP contribution in [0.3, 0.4) is 0 Å². The second kappa shape index (κ2) is 6.20. The van der Waals surface area contributed by atoms with Crippen LogP contribution in [-0.4, -0.2) is 16.0 Å². The van der Waals surface area contributed by atoms with Gasteiger partial charge in [-0.25, -0.2) is 9.97 Å². The fourth-order valence-electron chi connectivity index (χ4n) is 2.68. The summed E-state index contributed by atoms with van der Waals surface area (Å²) in [6.07, 6.45) is 11.1. The smallest absolute Gasteiger partial charge is 0.148 e. The quantitative estimate of drug-likeness (QED) is 0.884. The topological polar surface area (TPSA) is 37.8 Å². The largest absolute Gasteiger partial charge is 0.366 e. The number of halogens is 1. The van der Waals surface area contributed by atoms with E-state index in [1.165, 1.54) is 32.1 Å². The summed E-state index contributed by atoms with van der Waals surface area (Å²) in [5, 5.41) is 4.10. The summed E-state index contributed by atoms with van der Waals surface area (Å²) in [5.74, 6) is 1.54. The number of hydrogen-bond donors (Lipinski definition) is 1. The average Bonchev–Trinajstić information content (AvgIpc) is 2.39. The summed E-state index contributed by atoms with van der Waals surface area (Å²) >= 11 is 6.08. The van der Waals surface area contributed by atoms with Gasteiger partial charge in [0.25, 0.3) is 0 Å². The molecule has 1 atom stereocenters. The van der Waals surface area contributed by atoms with E-state index < -0.39 is 0 Å². The molecule has 3 nitrogen and oxygen atoms in total. The van der Waals surface area contributed by atoms with Gasteiger partial charge >= 0.3 is 0 Å². The minimum atomic E-state index is 0.489. The third-order valence-electron chi connectivity index (χ3n) is 3.65. The van der Waals surface area contributed by atoms with Crippen molar-refractivity contribution >= 4 is 17.4 Å². The Morgan fingerprint density at radius 1 is 1.41 bits per heavy atom. The number of hydrogen-bond acceptors (Lipinski definition) is 3. The minimum absolute atomic E-state index is 0.489. The van der Waals surface area contributed by atoms with Gasteiger partial charge in [-0.2, -0.15) is 0 Å². The zero-order valence-electron chi connectivity index (χ0n) is 10.3. The molecule has 1 aliphatic carbocycles. The Kier molecular flexibility index (Phi) is 4.60. The lowest BCUT2D eigenvalue weighted by Gasteiger charge is -2.30. The molecular weight excluding hydrogens is 234 g/mol. The molecule has 94 valence electrons. The molecule has 1 heterocycles. The van der Waals surface area contributed by atoms with Crippen molar-refractivity contribution in [3.8, 4) is 0 Å². The summed E-state index contributed by atoms with van der Waals surface area (Å²) in [6.45, 7) is 2.22. The molecule has 1 aromatic rings. The van der Waals surface area contributed by atoms with Gasteiger partial charge in [-0.15, -0.1) is 0 Å². The highest BCUT2D eigenvalue weighted by atomic mass is 35.5. The van der Waals surface area contributed by atoms with Crippen LogP contribution in [0, 0.1) is 5.92 Å². The summed E-state index contributed by atoms with van der Waals surface area (Å²) in [7, 11) is 0. The first kappa shape index (κ1) is 12.6. The van der Waals surface area contributed by atoms with Gasteiger partial charge < -0.3 is 5.32 Å². The van der Waals surface area contributed by atoms with E-state index >= 15 is 0 Å². The van der Waals surface area contributed by atoms with Crippen molar-refractivity contribution < 1.29 is 0 Å². The molecule has 1 fully saturated rings. The van der Waals surface area contributed by atoms with Crippen molar-refractivity contribution in [2.24, 2.45) is 5.92 Å². The van der Waals surface area contributed by atoms with Crippen molar-refractivity contribution in [2.45, 2.75) is 51.5 Å². The van der Waals surface area contributed by atoms with E-state index in [1.54, 1.807) is 12.5 Å². The van der Waals surface area contributed by atoms with Crippen molar-refractivity contribution in [3.05, 3.63) is 17.5 Å². The Hall–Kier alpha value is -0.830. The number of rotatable bonds is 4. The van der Waals surface area contributed by atoms with Crippen molar-refractivity contribution in [1.29, 1.82) is 0 Å². The Morgan fingerprint density at radius 2 is 2.18 bits per heavy atom. The first-order valence-corrected chi connectivity index (χ1v) is 6.91. The summed E-state index contributed by atoms with van der Waals surface area (Å²) in [5.41, 5.74) is 0. The molecule has 0 radical (unpaired) electrons. The van der Waals surface area contributed by atoms with Gasteiger partial charge in [-0.1, -0.05) is 37.8 Å². The van der Waals surface area contributed by atoms with Gasteiger partial charge in [0.2, 0.25) is 0 Å². The first-order valence-electron chi connectivity index (χ1n) is 6.53. The molecule has 1 saturated carbocycles. The van der Waals surface area contributed by atoms with Crippen LogP contribution in [0.25, 0.3) is 0 Å². The predicted molar refractivity (Wildman–Crippen MR) is 71.3 cm³/mol. The Bertz CT molecular complexity index is 350. The zero-order chi connectivity index (χ0) is 12.1. The van der Waals surface area contributed by atoms with Crippen molar-refractivity contribution in [3.63, 3.8) is 0 Å². The molecule has 0 aromatic carbocycles. The molecular formula is C13H20ClN3. The normalized spacial score (nSPS) is 18.9. The highest BCUT2D eigenvalue weighted by molar-refractivity contribution is 6.32. The third-order valence-corrected chi connectivity index (χ3v) is 3.93. The van der Waals surface area contributed by atoms with Crippen LogP contribution < -0.4 is 5.32 Å². The van der Waals surface area contributed by atoms with Gasteiger partial charge in [-0.05, 0) is 25.2 Å². The lowest BCUT2D eigenvalue weighted by molar-refractivity contribution is 0.312. The highest BCUT2D eigenvalue weighted by Crippen LogP contribution is 2.30. The van der Waals surface area contributed by atoms with E-state index in [1.807, 2.05) is 0 Å². The van der Waals surface area contributed by atoms with Crippen LogP contribution >= 0.6 is 11.6 Å². The number of aromatic nitrogens is 2. The van der Waals surface area contributed by atoms with Gasteiger partial charge in [0.15, 0.2) is 0 Å². The third kappa shape index (κ3) is 3.32. The van der Waals surface area contributed by atoms with Crippen LogP contribution in [0.4, 0.5) is 5.82 Å². The summed E-state index contributed by atoms with van der Waals surface area (Å²) in [4.78, 5) is 8.11. The van der Waals surface area contributed by atoms with Crippen LogP contribution in [0.15, 0.2) is 12.5 Å². The maximum absolute atomic E-state index is 6.08. The van der Waals surface area contributed by atoms with Gasteiger partial charge in [0, 0.05) is 6.04 Å². The fourth-order valence-corrected chi connectivity index (χ4v) is 2.84. The number of nitrogens with zero attached hydrogens (tertiary/aromatic N) is 2. The average molecular weight is 254 g/mol. The monoisotopic (exact) mass is 253 g/mol. The zero-order valence-corrected chi connectivity index (χ0v) is 11.1. The van der Waals surface area contributed by atoms with Crippen LogP contribution in [0.2, 0.25) is 5.02 Å². The molecule has 17 heavy (non-hydrogen) atoms. The summed E-state index contributed by atoms with van der Waals surface area (Å²) < 4.78 is 0. The van der Waals surface area contributed by atoms with E-state index in [-0.39, 0.29) is 0 Å². The van der Waals surface area contributed by atoms with Crippen LogP contribution in [0.1, 0.15) is 45.4 Å². The van der Waals surface area contributed by atoms with E-state index in [9.17, 15) is 0 Å². The molecule has 1 aliphatic rings. The van der Waals surface area contributed by atoms with Crippen molar-refractivity contribution in [2.75, 3.05) is 5.32 Å². The van der Waals surface area contributed by atoms with Gasteiger partial charge in [0.05, 0.1) is 6.20 Å². The molecule has 1 N–H and O–H groups in total. The van der Waals surface area contributed by atoms with E-state index in [0.29, 0.717) is 11.1 Å². The van der Waals surface area contributed by atoms with Crippen molar-refractivity contribution in [1.82, 2.24) is 9.97 Å². The Balaban J connectivity index is 2.01. The molecule has 4 heteroatoms. The molecule has 1 unspecified atom stereocenters. The number of anilines is 1. The summed E-state index contributed by atoms with van der Waals surface area (Å²) in [6, 6.07) is 0.489.